The quantitative estimate of drug-likeness (QED) is 0.862. The first-order valence-electron chi connectivity index (χ1n) is 5.23. The summed E-state index contributed by atoms with van der Waals surface area (Å²) in [5, 5.41) is 9.95. The Morgan fingerprint density at radius 2 is 1.94 bits per heavy atom. The van der Waals surface area contributed by atoms with Crippen molar-refractivity contribution in [2.75, 3.05) is 7.11 Å². The standard InChI is InChI=1S/C13H13NO3/c1-7-4-5-8(2)11-9(7)6-10(13(15)16)12(14-11)17-3/h4-6H,1-3H3,(H,15,16). The Morgan fingerprint density at radius 3 is 2.53 bits per heavy atom. The number of nitrogens with zero attached hydrogens (tertiary/aromatic N) is 1. The predicted octanol–water partition coefficient (Wildman–Crippen LogP) is 2.56. The highest BCUT2D eigenvalue weighted by Gasteiger charge is 2.15. The summed E-state index contributed by atoms with van der Waals surface area (Å²) >= 11 is 0. The lowest BCUT2D eigenvalue weighted by Crippen LogP contribution is -2.03. The molecule has 2 aromatic rings. The molecule has 0 unspecified atom stereocenters. The zero-order valence-corrected chi connectivity index (χ0v) is 9.94. The number of pyridine rings is 1. The minimum Gasteiger partial charge on any atom is -0.480 e. The summed E-state index contributed by atoms with van der Waals surface area (Å²) in [7, 11) is 1.42. The van der Waals surface area contributed by atoms with Crippen LogP contribution in [0.15, 0.2) is 18.2 Å². The van der Waals surface area contributed by atoms with Crippen molar-refractivity contribution in [2.24, 2.45) is 0 Å². The molecule has 1 N–H and O–H groups in total. The van der Waals surface area contributed by atoms with E-state index in [1.807, 2.05) is 26.0 Å². The number of carbonyl (C=O) groups is 1. The maximum Gasteiger partial charge on any atom is 0.341 e. The Balaban J connectivity index is 2.87. The number of hydrogen-bond acceptors (Lipinski definition) is 3. The largest absolute Gasteiger partial charge is 0.480 e. The van der Waals surface area contributed by atoms with Crippen LogP contribution in [0.5, 0.6) is 5.88 Å². The molecule has 4 nitrogen and oxygen atoms in total. The Labute approximate surface area is 98.9 Å². The summed E-state index contributed by atoms with van der Waals surface area (Å²) in [5.74, 6) is -0.879. The molecule has 0 amide bonds. The molecule has 0 atom stereocenters. The van der Waals surface area contributed by atoms with E-state index in [2.05, 4.69) is 4.98 Å². The van der Waals surface area contributed by atoms with Crippen molar-refractivity contribution in [2.45, 2.75) is 13.8 Å². The highest BCUT2D eigenvalue weighted by Crippen LogP contribution is 2.26. The maximum atomic E-state index is 11.1. The lowest BCUT2D eigenvalue weighted by atomic mass is 10.0. The van der Waals surface area contributed by atoms with Gasteiger partial charge >= 0.3 is 5.97 Å². The summed E-state index contributed by atoms with van der Waals surface area (Å²) in [4.78, 5) is 15.4. The number of carboxylic acids is 1. The van der Waals surface area contributed by atoms with Gasteiger partial charge in [0.15, 0.2) is 0 Å². The van der Waals surface area contributed by atoms with Crippen LogP contribution in [0.2, 0.25) is 0 Å². The molecule has 0 aliphatic heterocycles. The summed E-state index contributed by atoms with van der Waals surface area (Å²) in [6.45, 7) is 3.87. The molecule has 0 saturated carbocycles. The fourth-order valence-electron chi connectivity index (χ4n) is 1.83. The lowest BCUT2D eigenvalue weighted by Gasteiger charge is -2.09. The third-order valence-electron chi connectivity index (χ3n) is 2.79. The van der Waals surface area contributed by atoms with Crippen LogP contribution in [0.4, 0.5) is 0 Å². The smallest absolute Gasteiger partial charge is 0.341 e. The van der Waals surface area contributed by atoms with Gasteiger partial charge in [0.05, 0.1) is 12.6 Å². The molecule has 0 aliphatic rings. The van der Waals surface area contributed by atoms with Crippen molar-refractivity contribution in [1.29, 1.82) is 0 Å². The molecular weight excluding hydrogens is 218 g/mol. The zero-order chi connectivity index (χ0) is 12.6. The number of rotatable bonds is 2. The molecule has 1 heterocycles. The highest BCUT2D eigenvalue weighted by atomic mass is 16.5. The molecule has 0 bridgehead atoms. The third kappa shape index (κ3) is 1.82. The zero-order valence-electron chi connectivity index (χ0n) is 9.94. The van der Waals surface area contributed by atoms with Crippen LogP contribution in [0.3, 0.4) is 0 Å². The molecule has 0 spiro atoms. The van der Waals surface area contributed by atoms with Gasteiger partial charge in [0, 0.05) is 5.39 Å². The van der Waals surface area contributed by atoms with E-state index in [0.29, 0.717) is 0 Å². The van der Waals surface area contributed by atoms with Gasteiger partial charge in [-0.3, -0.25) is 0 Å². The average molecular weight is 231 g/mol. The molecule has 4 heteroatoms. The second-order valence-electron chi connectivity index (χ2n) is 3.95. The molecular formula is C13H13NO3. The third-order valence-corrected chi connectivity index (χ3v) is 2.79. The lowest BCUT2D eigenvalue weighted by molar-refractivity contribution is 0.0692. The molecule has 17 heavy (non-hydrogen) atoms. The number of fused-ring (bicyclic) bond motifs is 1. The molecule has 0 saturated heterocycles. The van der Waals surface area contributed by atoms with E-state index in [1.165, 1.54) is 7.11 Å². The van der Waals surface area contributed by atoms with Gasteiger partial charge in [-0.25, -0.2) is 9.78 Å². The predicted molar refractivity (Wildman–Crippen MR) is 64.7 cm³/mol. The van der Waals surface area contributed by atoms with Gasteiger partial charge in [0.1, 0.15) is 5.56 Å². The number of methoxy groups -OCH3 is 1. The molecule has 0 fully saturated rings. The first-order valence-corrected chi connectivity index (χ1v) is 5.23. The van der Waals surface area contributed by atoms with Crippen LogP contribution >= 0.6 is 0 Å². The Bertz CT molecular complexity index is 605. The number of hydrogen-bond donors (Lipinski definition) is 1. The van der Waals surface area contributed by atoms with Crippen LogP contribution in [0.25, 0.3) is 10.9 Å². The molecule has 2 rings (SSSR count). The normalized spacial score (nSPS) is 10.5. The van der Waals surface area contributed by atoms with E-state index in [9.17, 15) is 4.79 Å². The Morgan fingerprint density at radius 1 is 1.29 bits per heavy atom. The maximum absolute atomic E-state index is 11.1. The van der Waals surface area contributed by atoms with Crippen LogP contribution < -0.4 is 4.74 Å². The van der Waals surface area contributed by atoms with E-state index in [-0.39, 0.29) is 11.4 Å². The van der Waals surface area contributed by atoms with Crippen molar-refractivity contribution in [3.05, 3.63) is 34.9 Å². The molecule has 1 aromatic heterocycles. The van der Waals surface area contributed by atoms with E-state index in [4.69, 9.17) is 9.84 Å². The van der Waals surface area contributed by atoms with Gasteiger partial charge in [-0.2, -0.15) is 0 Å². The van der Waals surface area contributed by atoms with Crippen molar-refractivity contribution in [3.8, 4) is 5.88 Å². The SMILES string of the molecule is COc1nc2c(C)ccc(C)c2cc1C(=O)O. The fourth-order valence-corrected chi connectivity index (χ4v) is 1.83. The number of aromatic nitrogens is 1. The van der Waals surface area contributed by atoms with Gasteiger partial charge in [0.25, 0.3) is 0 Å². The number of aryl methyl sites for hydroxylation is 2. The number of ether oxygens (including phenoxy) is 1. The van der Waals surface area contributed by atoms with E-state index >= 15 is 0 Å². The van der Waals surface area contributed by atoms with Crippen LogP contribution in [0.1, 0.15) is 21.5 Å². The summed E-state index contributed by atoms with van der Waals surface area (Å²) < 4.78 is 5.02. The van der Waals surface area contributed by atoms with Crippen molar-refractivity contribution < 1.29 is 14.6 Å². The minimum absolute atomic E-state index is 0.0914. The van der Waals surface area contributed by atoms with Crippen LogP contribution in [-0.4, -0.2) is 23.2 Å². The van der Waals surface area contributed by atoms with Crippen molar-refractivity contribution in [3.63, 3.8) is 0 Å². The van der Waals surface area contributed by atoms with Gasteiger partial charge in [0.2, 0.25) is 5.88 Å². The van der Waals surface area contributed by atoms with Gasteiger partial charge in [-0.05, 0) is 31.0 Å². The Hall–Kier alpha value is -2.10. The van der Waals surface area contributed by atoms with Crippen LogP contribution in [0, 0.1) is 13.8 Å². The second kappa shape index (κ2) is 4.05. The highest BCUT2D eigenvalue weighted by molar-refractivity contribution is 5.96. The van der Waals surface area contributed by atoms with Gasteiger partial charge in [-0.15, -0.1) is 0 Å². The monoisotopic (exact) mass is 231 g/mol. The summed E-state index contributed by atoms with van der Waals surface area (Å²) in [6, 6.07) is 5.54. The van der Waals surface area contributed by atoms with Crippen LogP contribution in [-0.2, 0) is 0 Å². The van der Waals surface area contributed by atoms with Gasteiger partial charge in [-0.1, -0.05) is 12.1 Å². The molecule has 88 valence electrons. The number of benzene rings is 1. The van der Waals surface area contributed by atoms with E-state index in [0.717, 1.165) is 22.0 Å². The average Bonchev–Trinajstić information content (AvgIpc) is 2.32. The first kappa shape index (κ1) is 11.4. The molecule has 0 radical (unpaired) electrons. The number of carboxylic acid groups (broad SMARTS) is 1. The first-order chi connectivity index (χ1) is 8.04. The number of aromatic carboxylic acids is 1. The molecule has 1 aromatic carbocycles. The van der Waals surface area contributed by atoms with E-state index in [1.54, 1.807) is 6.07 Å². The summed E-state index contributed by atoms with van der Waals surface area (Å²) in [5.41, 5.74) is 2.88. The van der Waals surface area contributed by atoms with E-state index < -0.39 is 5.97 Å². The molecule has 0 aliphatic carbocycles. The van der Waals surface area contributed by atoms with Crippen molar-refractivity contribution >= 4 is 16.9 Å². The second-order valence-corrected chi connectivity index (χ2v) is 3.95. The van der Waals surface area contributed by atoms with Crippen molar-refractivity contribution in [1.82, 2.24) is 4.98 Å². The van der Waals surface area contributed by atoms with Gasteiger partial charge < -0.3 is 9.84 Å². The fraction of sp³-hybridized carbons (Fsp3) is 0.231. The Kier molecular flexibility index (Phi) is 2.71. The minimum atomic E-state index is -1.03. The summed E-state index contributed by atoms with van der Waals surface area (Å²) in [6.07, 6.45) is 0. The topological polar surface area (TPSA) is 59.4 Å².